The zero-order valence-corrected chi connectivity index (χ0v) is 17.8. The van der Waals surface area contributed by atoms with Crippen molar-refractivity contribution in [2.45, 2.75) is 61.4 Å². The summed E-state index contributed by atoms with van der Waals surface area (Å²) in [5.41, 5.74) is 0. The van der Waals surface area contributed by atoms with E-state index in [0.717, 1.165) is 11.8 Å². The molecule has 6 aliphatic rings. The predicted molar refractivity (Wildman–Crippen MR) is 105 cm³/mol. The van der Waals surface area contributed by atoms with Gasteiger partial charge in [-0.3, -0.25) is 0 Å². The van der Waals surface area contributed by atoms with Crippen LogP contribution in [0.4, 0.5) is 0 Å². The SMILES string of the molecule is O=S(=O)(c1ccc(Cl)cc1)N1CCC2(CC1)OOC1(O2)C2CC3CC(C2)CC1C3. The summed E-state index contributed by atoms with van der Waals surface area (Å²) in [6.07, 6.45) is 7.01. The average Bonchev–Trinajstić information content (AvgIpc) is 3.06. The Morgan fingerprint density at radius 3 is 2.07 bits per heavy atom. The Labute approximate surface area is 176 Å². The maximum absolute atomic E-state index is 13.0. The highest BCUT2D eigenvalue weighted by Gasteiger charge is 2.67. The van der Waals surface area contributed by atoms with E-state index in [9.17, 15) is 8.42 Å². The fourth-order valence-corrected chi connectivity index (χ4v) is 8.19. The lowest BCUT2D eigenvalue weighted by Crippen LogP contribution is -2.59. The van der Waals surface area contributed by atoms with Crippen molar-refractivity contribution >= 4 is 21.6 Å². The molecule has 158 valence electrons. The molecule has 2 heterocycles. The van der Waals surface area contributed by atoms with Crippen LogP contribution in [0.5, 0.6) is 0 Å². The molecule has 1 aromatic rings. The second-order valence-electron chi connectivity index (χ2n) is 9.56. The van der Waals surface area contributed by atoms with Crippen molar-refractivity contribution in [1.29, 1.82) is 0 Å². The number of ether oxygens (including phenoxy) is 1. The van der Waals surface area contributed by atoms with Crippen molar-refractivity contribution in [3.63, 3.8) is 0 Å². The molecule has 7 rings (SSSR count). The van der Waals surface area contributed by atoms with E-state index in [2.05, 4.69) is 0 Å². The van der Waals surface area contributed by atoms with Crippen LogP contribution in [0.1, 0.15) is 44.9 Å². The van der Waals surface area contributed by atoms with Crippen LogP contribution in [0.15, 0.2) is 29.2 Å². The quantitative estimate of drug-likeness (QED) is 0.653. The summed E-state index contributed by atoms with van der Waals surface area (Å²) >= 11 is 5.90. The molecule has 0 unspecified atom stereocenters. The van der Waals surface area contributed by atoms with Gasteiger partial charge in [0.2, 0.25) is 21.6 Å². The Bertz CT molecular complexity index is 882. The maximum atomic E-state index is 13.0. The van der Waals surface area contributed by atoms with E-state index in [0.29, 0.717) is 42.8 Å². The summed E-state index contributed by atoms with van der Waals surface area (Å²) in [6, 6.07) is 6.31. The predicted octanol–water partition coefficient (Wildman–Crippen LogP) is 3.95. The van der Waals surface area contributed by atoms with Crippen LogP contribution in [0, 0.1) is 23.7 Å². The van der Waals surface area contributed by atoms with Gasteiger partial charge in [0.15, 0.2) is 0 Å². The first kappa shape index (κ1) is 19.0. The van der Waals surface area contributed by atoms with Crippen LogP contribution in [-0.2, 0) is 24.5 Å². The molecule has 2 spiro atoms. The molecule has 0 amide bonds. The third-order valence-corrected chi connectivity index (χ3v) is 10.0. The highest BCUT2D eigenvalue weighted by atomic mass is 35.5. The van der Waals surface area contributed by atoms with E-state index in [1.54, 1.807) is 24.3 Å². The molecule has 2 saturated heterocycles. The van der Waals surface area contributed by atoms with Crippen molar-refractivity contribution in [2.24, 2.45) is 23.7 Å². The first-order valence-corrected chi connectivity index (χ1v) is 12.5. The highest BCUT2D eigenvalue weighted by molar-refractivity contribution is 7.89. The third kappa shape index (κ3) is 2.85. The van der Waals surface area contributed by atoms with Gasteiger partial charge in [-0.05, 0) is 68.2 Å². The van der Waals surface area contributed by atoms with Crippen molar-refractivity contribution in [3.05, 3.63) is 29.3 Å². The Hall–Kier alpha value is -0.700. The Balaban J connectivity index is 1.18. The van der Waals surface area contributed by atoms with Gasteiger partial charge < -0.3 is 4.74 Å². The minimum absolute atomic E-state index is 0.264. The Morgan fingerprint density at radius 1 is 0.897 bits per heavy atom. The van der Waals surface area contributed by atoms with Gasteiger partial charge in [-0.2, -0.15) is 14.1 Å². The topological polar surface area (TPSA) is 65.1 Å². The maximum Gasteiger partial charge on any atom is 0.243 e. The molecule has 0 aromatic heterocycles. The molecule has 4 aliphatic carbocycles. The average molecular weight is 440 g/mol. The lowest BCUT2D eigenvalue weighted by atomic mass is 9.53. The lowest BCUT2D eigenvalue weighted by Gasteiger charge is -2.57. The van der Waals surface area contributed by atoms with Crippen LogP contribution in [0.3, 0.4) is 0 Å². The fraction of sp³-hybridized carbons (Fsp3) is 0.714. The molecule has 4 saturated carbocycles. The van der Waals surface area contributed by atoms with Crippen LogP contribution >= 0.6 is 11.6 Å². The van der Waals surface area contributed by atoms with E-state index >= 15 is 0 Å². The summed E-state index contributed by atoms with van der Waals surface area (Å²) in [7, 11) is -3.55. The number of nitrogens with zero attached hydrogens (tertiary/aromatic N) is 1. The largest absolute Gasteiger partial charge is 0.312 e. The zero-order valence-electron chi connectivity index (χ0n) is 16.3. The van der Waals surface area contributed by atoms with E-state index in [1.165, 1.54) is 36.4 Å². The Kier molecular flexibility index (Phi) is 4.20. The summed E-state index contributed by atoms with van der Waals surface area (Å²) < 4.78 is 34.1. The number of sulfonamides is 1. The van der Waals surface area contributed by atoms with Gasteiger partial charge in [0.1, 0.15) is 0 Å². The molecule has 4 bridgehead atoms. The minimum atomic E-state index is -3.55. The number of hydrogen-bond donors (Lipinski definition) is 0. The van der Waals surface area contributed by atoms with E-state index < -0.39 is 21.6 Å². The normalized spacial score (nSPS) is 40.9. The lowest BCUT2D eigenvalue weighted by molar-refractivity contribution is -0.390. The second-order valence-corrected chi connectivity index (χ2v) is 11.9. The van der Waals surface area contributed by atoms with Gasteiger partial charge in [0, 0.05) is 42.8 Å². The standard InChI is InChI=1S/C21H26ClNO5S/c22-18-1-3-19(4-2-18)29(24,25)23-7-5-20(6-8-23)26-21(28-27-20)16-10-14-9-15(12-16)13-17(21)11-14/h1-4,14-17H,5-13H2. The highest BCUT2D eigenvalue weighted by Crippen LogP contribution is 2.63. The molecule has 2 aliphatic heterocycles. The monoisotopic (exact) mass is 439 g/mol. The molecule has 0 N–H and O–H groups in total. The van der Waals surface area contributed by atoms with Crippen LogP contribution in [0.25, 0.3) is 0 Å². The molecule has 29 heavy (non-hydrogen) atoms. The summed E-state index contributed by atoms with van der Waals surface area (Å²) in [5, 5.41) is 0.521. The number of hydrogen-bond acceptors (Lipinski definition) is 5. The van der Waals surface area contributed by atoms with Gasteiger partial charge in [0.25, 0.3) is 0 Å². The van der Waals surface area contributed by atoms with Crippen molar-refractivity contribution in [1.82, 2.24) is 4.31 Å². The Morgan fingerprint density at radius 2 is 1.48 bits per heavy atom. The van der Waals surface area contributed by atoms with Crippen molar-refractivity contribution in [3.8, 4) is 0 Å². The van der Waals surface area contributed by atoms with Crippen molar-refractivity contribution in [2.75, 3.05) is 13.1 Å². The first-order valence-electron chi connectivity index (χ1n) is 10.7. The zero-order chi connectivity index (χ0) is 19.9. The molecule has 8 heteroatoms. The molecular formula is C21H26ClNO5S. The third-order valence-electron chi connectivity index (χ3n) is 7.88. The van der Waals surface area contributed by atoms with E-state index in [1.807, 2.05) is 0 Å². The molecule has 0 atom stereocenters. The second kappa shape index (κ2) is 6.40. The van der Waals surface area contributed by atoms with E-state index in [4.69, 9.17) is 26.1 Å². The van der Waals surface area contributed by atoms with Crippen LogP contribution in [0.2, 0.25) is 5.02 Å². The number of piperidine rings is 1. The fourth-order valence-electron chi connectivity index (χ4n) is 6.62. The first-order chi connectivity index (χ1) is 13.9. The number of rotatable bonds is 2. The molecule has 6 nitrogen and oxygen atoms in total. The van der Waals surface area contributed by atoms with Gasteiger partial charge in [0.05, 0.1) is 4.90 Å². The summed E-state index contributed by atoms with van der Waals surface area (Å²) in [6.45, 7) is 0.704. The number of benzene rings is 1. The molecular weight excluding hydrogens is 414 g/mol. The van der Waals surface area contributed by atoms with Crippen LogP contribution < -0.4 is 0 Å². The molecule has 1 aromatic carbocycles. The van der Waals surface area contributed by atoms with Gasteiger partial charge in [-0.25, -0.2) is 8.42 Å². The van der Waals surface area contributed by atoms with Gasteiger partial charge in [-0.15, -0.1) is 0 Å². The smallest absolute Gasteiger partial charge is 0.243 e. The van der Waals surface area contributed by atoms with Crippen molar-refractivity contribution < 1.29 is 22.9 Å². The minimum Gasteiger partial charge on any atom is -0.312 e. The summed E-state index contributed by atoms with van der Waals surface area (Å²) in [5.74, 6) is 1.03. The van der Waals surface area contributed by atoms with Gasteiger partial charge >= 0.3 is 0 Å². The molecule has 6 fully saturated rings. The molecule has 0 radical (unpaired) electrons. The number of halogens is 1. The van der Waals surface area contributed by atoms with E-state index in [-0.39, 0.29) is 4.90 Å². The van der Waals surface area contributed by atoms with Crippen LogP contribution in [-0.4, -0.2) is 37.4 Å². The summed E-state index contributed by atoms with van der Waals surface area (Å²) in [4.78, 5) is 12.2. The van der Waals surface area contributed by atoms with Gasteiger partial charge in [-0.1, -0.05) is 11.6 Å².